The fourth-order valence-electron chi connectivity index (χ4n) is 2.46. The molecule has 0 radical (unpaired) electrons. The van der Waals surface area contributed by atoms with Crippen molar-refractivity contribution < 1.29 is 4.79 Å². The Kier molecular flexibility index (Phi) is 5.14. The van der Waals surface area contributed by atoms with Crippen molar-refractivity contribution in [3.8, 4) is 0 Å². The van der Waals surface area contributed by atoms with Crippen molar-refractivity contribution in [1.29, 1.82) is 0 Å². The molecule has 1 aromatic carbocycles. The molecule has 0 saturated carbocycles. The second kappa shape index (κ2) is 6.85. The number of hydrogen-bond donors (Lipinski definition) is 1. The fraction of sp³-hybridized carbons (Fsp3) is 0.533. The predicted molar refractivity (Wildman–Crippen MR) is 81.8 cm³/mol. The first-order valence-electron chi connectivity index (χ1n) is 6.93. The van der Waals surface area contributed by atoms with Crippen molar-refractivity contribution in [3.63, 3.8) is 0 Å². The molecular weight excluding hydrogens is 256 g/mol. The van der Waals surface area contributed by atoms with Gasteiger partial charge in [0.2, 0.25) is 0 Å². The molecule has 1 aliphatic rings. The number of amides is 2. The van der Waals surface area contributed by atoms with Crippen LogP contribution in [0.4, 0.5) is 10.5 Å². The highest BCUT2D eigenvalue weighted by molar-refractivity contribution is 7.98. The minimum Gasteiger partial charge on any atom is -0.324 e. The van der Waals surface area contributed by atoms with Crippen molar-refractivity contribution in [1.82, 2.24) is 4.90 Å². The van der Waals surface area contributed by atoms with Crippen LogP contribution >= 0.6 is 11.8 Å². The van der Waals surface area contributed by atoms with Gasteiger partial charge in [0.1, 0.15) is 0 Å². The summed E-state index contributed by atoms with van der Waals surface area (Å²) in [6.07, 6.45) is 5.58. The Hall–Kier alpha value is -1.16. The average Bonchev–Trinajstić information content (AvgIpc) is 2.48. The Balaban J connectivity index is 1.92. The fourth-order valence-corrected chi connectivity index (χ4v) is 2.87. The summed E-state index contributed by atoms with van der Waals surface area (Å²) < 4.78 is 0. The smallest absolute Gasteiger partial charge is 0.321 e. The predicted octanol–water partition coefficient (Wildman–Crippen LogP) is 4.06. The van der Waals surface area contributed by atoms with Gasteiger partial charge in [0.25, 0.3) is 0 Å². The zero-order chi connectivity index (χ0) is 13.7. The normalized spacial score (nSPS) is 19.3. The van der Waals surface area contributed by atoms with Crippen molar-refractivity contribution in [2.24, 2.45) is 5.92 Å². The van der Waals surface area contributed by atoms with E-state index in [-0.39, 0.29) is 6.03 Å². The third-order valence-electron chi connectivity index (χ3n) is 3.72. The lowest BCUT2D eigenvalue weighted by Crippen LogP contribution is -2.42. The third kappa shape index (κ3) is 3.90. The van der Waals surface area contributed by atoms with Crippen LogP contribution in [-0.2, 0) is 0 Å². The largest absolute Gasteiger partial charge is 0.324 e. The Morgan fingerprint density at radius 2 is 2.16 bits per heavy atom. The molecule has 1 atom stereocenters. The van der Waals surface area contributed by atoms with Crippen LogP contribution in [0.15, 0.2) is 29.2 Å². The van der Waals surface area contributed by atoms with Crippen molar-refractivity contribution >= 4 is 23.5 Å². The molecule has 1 heterocycles. The number of nitrogens with zero attached hydrogens (tertiary/aromatic N) is 1. The topological polar surface area (TPSA) is 32.3 Å². The monoisotopic (exact) mass is 278 g/mol. The van der Waals surface area contributed by atoms with Crippen LogP contribution in [0.5, 0.6) is 0 Å². The molecule has 1 N–H and O–H groups in total. The molecule has 1 fully saturated rings. The lowest BCUT2D eigenvalue weighted by molar-refractivity contribution is 0.176. The van der Waals surface area contributed by atoms with E-state index in [0.29, 0.717) is 5.92 Å². The molecule has 1 aliphatic heterocycles. The van der Waals surface area contributed by atoms with E-state index in [1.54, 1.807) is 11.8 Å². The van der Waals surface area contributed by atoms with E-state index in [2.05, 4.69) is 12.2 Å². The van der Waals surface area contributed by atoms with E-state index < -0.39 is 0 Å². The lowest BCUT2D eigenvalue weighted by Gasteiger charge is -2.32. The first-order valence-corrected chi connectivity index (χ1v) is 8.15. The maximum Gasteiger partial charge on any atom is 0.321 e. The molecule has 19 heavy (non-hydrogen) atoms. The lowest BCUT2D eigenvalue weighted by atomic mass is 9.96. The zero-order valence-corrected chi connectivity index (χ0v) is 12.5. The van der Waals surface area contributed by atoms with Crippen LogP contribution in [0, 0.1) is 5.92 Å². The second-order valence-corrected chi connectivity index (χ2v) is 5.90. The molecule has 3 nitrogen and oxygen atoms in total. The van der Waals surface area contributed by atoms with Crippen LogP contribution < -0.4 is 5.32 Å². The SMILES string of the molecule is CC[C@@H]1CCCN(C(=O)Nc2ccc(SC)cc2)C1. The van der Waals surface area contributed by atoms with Gasteiger partial charge >= 0.3 is 6.03 Å². The molecule has 0 bridgehead atoms. The summed E-state index contributed by atoms with van der Waals surface area (Å²) in [5.41, 5.74) is 0.876. The molecule has 0 aliphatic carbocycles. The van der Waals surface area contributed by atoms with Crippen molar-refractivity contribution in [2.75, 3.05) is 24.7 Å². The van der Waals surface area contributed by atoms with E-state index >= 15 is 0 Å². The van der Waals surface area contributed by atoms with Gasteiger partial charge in [0.15, 0.2) is 0 Å². The van der Waals surface area contributed by atoms with Gasteiger partial charge in [-0.1, -0.05) is 13.3 Å². The summed E-state index contributed by atoms with van der Waals surface area (Å²) in [7, 11) is 0. The van der Waals surface area contributed by atoms with Crippen LogP contribution in [0.2, 0.25) is 0 Å². The number of rotatable bonds is 3. The van der Waals surface area contributed by atoms with E-state index in [0.717, 1.165) is 31.6 Å². The third-order valence-corrected chi connectivity index (χ3v) is 4.47. The van der Waals surface area contributed by atoms with Gasteiger partial charge in [-0.2, -0.15) is 0 Å². The van der Waals surface area contributed by atoms with E-state index in [4.69, 9.17) is 0 Å². The average molecular weight is 278 g/mol. The molecule has 104 valence electrons. The minimum atomic E-state index is 0.0371. The molecule has 4 heteroatoms. The maximum absolute atomic E-state index is 12.2. The van der Waals surface area contributed by atoms with Gasteiger partial charge in [-0.25, -0.2) is 4.79 Å². The number of thioether (sulfide) groups is 1. The maximum atomic E-state index is 12.2. The van der Waals surface area contributed by atoms with Gasteiger partial charge in [0, 0.05) is 23.7 Å². The van der Waals surface area contributed by atoms with E-state index in [9.17, 15) is 4.79 Å². The van der Waals surface area contributed by atoms with E-state index in [1.807, 2.05) is 35.4 Å². The molecular formula is C15H22N2OS. The molecule has 2 rings (SSSR count). The van der Waals surface area contributed by atoms with E-state index in [1.165, 1.54) is 11.3 Å². The summed E-state index contributed by atoms with van der Waals surface area (Å²) in [4.78, 5) is 15.3. The number of likely N-dealkylation sites (tertiary alicyclic amines) is 1. The van der Waals surface area contributed by atoms with Crippen LogP contribution in [-0.4, -0.2) is 30.3 Å². The molecule has 0 aromatic heterocycles. The first kappa shape index (κ1) is 14.3. The Bertz CT molecular complexity index is 419. The molecule has 0 spiro atoms. The number of urea groups is 1. The molecule has 1 aromatic rings. The standard InChI is InChI=1S/C15H22N2OS/c1-3-12-5-4-10-17(11-12)15(18)16-13-6-8-14(19-2)9-7-13/h6-9,12H,3-5,10-11H2,1-2H3,(H,16,18)/t12-/m1/s1. The second-order valence-electron chi connectivity index (χ2n) is 5.02. The highest BCUT2D eigenvalue weighted by Gasteiger charge is 2.22. The van der Waals surface area contributed by atoms with Gasteiger partial charge in [-0.15, -0.1) is 11.8 Å². The van der Waals surface area contributed by atoms with Gasteiger partial charge in [-0.3, -0.25) is 0 Å². The number of hydrogen-bond acceptors (Lipinski definition) is 2. The summed E-state index contributed by atoms with van der Waals surface area (Å²) in [5.74, 6) is 0.665. The summed E-state index contributed by atoms with van der Waals surface area (Å²) in [6.45, 7) is 3.98. The van der Waals surface area contributed by atoms with Crippen LogP contribution in [0.25, 0.3) is 0 Å². The Morgan fingerprint density at radius 1 is 1.42 bits per heavy atom. The van der Waals surface area contributed by atoms with Crippen molar-refractivity contribution in [3.05, 3.63) is 24.3 Å². The summed E-state index contributed by atoms with van der Waals surface area (Å²) in [5, 5.41) is 2.99. The first-order chi connectivity index (χ1) is 9.22. The van der Waals surface area contributed by atoms with Crippen molar-refractivity contribution in [2.45, 2.75) is 31.1 Å². The van der Waals surface area contributed by atoms with Gasteiger partial charge in [-0.05, 0) is 49.3 Å². The summed E-state index contributed by atoms with van der Waals surface area (Å²) in [6, 6.07) is 8.03. The minimum absolute atomic E-state index is 0.0371. The number of benzene rings is 1. The Labute approximate surface area is 119 Å². The number of nitrogens with one attached hydrogen (secondary N) is 1. The highest BCUT2D eigenvalue weighted by Crippen LogP contribution is 2.21. The van der Waals surface area contributed by atoms with Crippen LogP contribution in [0.1, 0.15) is 26.2 Å². The Morgan fingerprint density at radius 3 is 2.79 bits per heavy atom. The molecule has 0 unspecified atom stereocenters. The van der Waals surface area contributed by atoms with Crippen LogP contribution in [0.3, 0.4) is 0 Å². The summed E-state index contributed by atoms with van der Waals surface area (Å²) >= 11 is 1.70. The zero-order valence-electron chi connectivity index (χ0n) is 11.7. The highest BCUT2D eigenvalue weighted by atomic mass is 32.2. The quantitative estimate of drug-likeness (QED) is 0.846. The van der Waals surface area contributed by atoms with Gasteiger partial charge < -0.3 is 10.2 Å². The van der Waals surface area contributed by atoms with Gasteiger partial charge in [0.05, 0.1) is 0 Å². The molecule has 2 amide bonds. The number of carbonyl (C=O) groups is 1. The number of piperidine rings is 1. The number of carbonyl (C=O) groups excluding carboxylic acids is 1. The molecule has 1 saturated heterocycles. The number of anilines is 1.